The Bertz CT molecular complexity index is 2510. The molecule has 0 aliphatic heterocycles. The van der Waals surface area contributed by atoms with E-state index >= 15 is 0 Å². The summed E-state index contributed by atoms with van der Waals surface area (Å²) in [6.45, 7) is 4.54. The molecule has 0 spiro atoms. The van der Waals surface area contributed by atoms with Crippen LogP contribution in [-0.2, 0) is 20.2 Å². The molecule has 0 radical (unpaired) electrons. The second-order valence-corrected chi connectivity index (χ2v) is 13.7. The first-order valence-corrected chi connectivity index (χ1v) is 17.3. The van der Waals surface area contributed by atoms with E-state index in [1.54, 1.807) is 32.0 Å². The van der Waals surface area contributed by atoms with Crippen LogP contribution in [0.25, 0.3) is 10.8 Å². The second kappa shape index (κ2) is 17.3. The van der Waals surface area contributed by atoms with Gasteiger partial charge in [0.1, 0.15) is 4.90 Å². The molecular weight excluding hydrogens is 735 g/mol. The van der Waals surface area contributed by atoms with Gasteiger partial charge in [-0.05, 0) is 121 Å². The maximum atomic E-state index is 13.4. The van der Waals surface area contributed by atoms with Crippen LogP contribution in [0.1, 0.15) is 28.4 Å². The number of rotatable bonds is 9. The molecule has 5 aromatic carbocycles. The van der Waals surface area contributed by atoms with Gasteiger partial charge in [0.2, 0.25) is 0 Å². The molecule has 0 atom stereocenters. The minimum Gasteiger partial charge on any atom is -0.871 e. The SMILES string of the molecule is CC([O-])=Nc1cccc(C(=O)Nc2ccc3c([O-])c(N=Nc4ccc(N=Nc5ccc(S(=O)(=O)O)cc5C)cc4C)c(S(=O)(=O)O)cc3c2)c1.[Na+].[Na+]. The van der Waals surface area contributed by atoms with Gasteiger partial charge in [-0.2, -0.15) is 32.2 Å². The minimum atomic E-state index is -4.96. The summed E-state index contributed by atoms with van der Waals surface area (Å²) in [4.78, 5) is 15.6. The summed E-state index contributed by atoms with van der Waals surface area (Å²) in [5.74, 6) is -1.83. The molecule has 0 bridgehead atoms. The van der Waals surface area contributed by atoms with E-state index in [1.165, 1.54) is 67.6 Å². The van der Waals surface area contributed by atoms with Gasteiger partial charge in [-0.25, -0.2) is 0 Å². The van der Waals surface area contributed by atoms with Crippen LogP contribution in [0.2, 0.25) is 0 Å². The third-order valence-electron chi connectivity index (χ3n) is 7.14. The topological polar surface area (TPSA) is 246 Å². The average molecular weight is 761 g/mol. The first-order chi connectivity index (χ1) is 23.5. The van der Waals surface area contributed by atoms with Crippen molar-refractivity contribution in [3.63, 3.8) is 0 Å². The second-order valence-electron chi connectivity index (χ2n) is 10.9. The van der Waals surface area contributed by atoms with Gasteiger partial charge in [0, 0.05) is 11.3 Å². The maximum Gasteiger partial charge on any atom is 1.00 e. The first kappa shape index (κ1) is 42.5. The van der Waals surface area contributed by atoms with Crippen LogP contribution in [0, 0.1) is 13.8 Å². The van der Waals surface area contributed by atoms with Gasteiger partial charge in [-0.1, -0.05) is 17.9 Å². The molecule has 0 saturated carbocycles. The summed E-state index contributed by atoms with van der Waals surface area (Å²) in [7, 11) is -9.33. The van der Waals surface area contributed by atoms with E-state index in [9.17, 15) is 40.9 Å². The Morgan fingerprint density at radius 2 is 1.38 bits per heavy atom. The molecule has 5 aromatic rings. The van der Waals surface area contributed by atoms with Crippen LogP contribution in [0.5, 0.6) is 5.75 Å². The molecule has 256 valence electrons. The van der Waals surface area contributed by atoms with Crippen molar-refractivity contribution in [2.75, 3.05) is 5.32 Å². The van der Waals surface area contributed by atoms with E-state index in [0.717, 1.165) is 6.07 Å². The predicted molar refractivity (Wildman–Crippen MR) is 181 cm³/mol. The molecule has 1 amide bonds. The number of aliphatic imine (C=N–C) groups is 1. The van der Waals surface area contributed by atoms with Crippen LogP contribution < -0.4 is 74.6 Å². The zero-order valence-corrected chi connectivity index (χ0v) is 34.0. The van der Waals surface area contributed by atoms with Crippen molar-refractivity contribution in [1.82, 2.24) is 0 Å². The Morgan fingerprint density at radius 1 is 0.731 bits per heavy atom. The van der Waals surface area contributed by atoms with Gasteiger partial charge < -0.3 is 15.5 Å². The molecule has 0 saturated heterocycles. The Balaban J connectivity index is 0.00000364. The van der Waals surface area contributed by atoms with Crippen LogP contribution in [0.4, 0.5) is 34.1 Å². The van der Waals surface area contributed by atoms with Gasteiger partial charge in [0.05, 0.1) is 33.3 Å². The number of fused-ring (bicyclic) bond motifs is 1. The van der Waals surface area contributed by atoms with Crippen LogP contribution in [-0.4, -0.2) is 37.7 Å². The molecule has 0 unspecified atom stereocenters. The number of azo groups is 2. The Hall–Kier alpha value is -3.88. The summed E-state index contributed by atoms with van der Waals surface area (Å²) in [6.07, 6.45) is 0. The van der Waals surface area contributed by atoms with Crippen molar-refractivity contribution >= 4 is 76.9 Å². The monoisotopic (exact) mass is 760 g/mol. The molecule has 52 heavy (non-hydrogen) atoms. The van der Waals surface area contributed by atoms with Gasteiger partial charge in [-0.3, -0.25) is 18.9 Å². The molecule has 0 heterocycles. The third kappa shape index (κ3) is 10.4. The van der Waals surface area contributed by atoms with Crippen LogP contribution >= 0.6 is 0 Å². The van der Waals surface area contributed by atoms with E-state index in [-0.39, 0.29) is 97.4 Å². The number of benzene rings is 5. The normalized spacial score (nSPS) is 12.1. The molecule has 0 fully saturated rings. The van der Waals surface area contributed by atoms with Gasteiger partial charge in [-0.15, -0.1) is 5.11 Å². The Kier molecular flexibility index (Phi) is 14.1. The number of hydrogen-bond acceptors (Lipinski definition) is 12. The van der Waals surface area contributed by atoms with E-state index in [2.05, 4.69) is 30.8 Å². The van der Waals surface area contributed by atoms with E-state index < -0.39 is 48.4 Å². The number of carbonyl (C=O) groups excluding carboxylic acids is 1. The number of aryl methyl sites for hydroxylation is 2. The van der Waals surface area contributed by atoms with Crippen molar-refractivity contribution in [1.29, 1.82) is 0 Å². The zero-order chi connectivity index (χ0) is 36.4. The molecular formula is C33H26N6Na2O9S2. The van der Waals surface area contributed by atoms with E-state index in [1.807, 2.05) is 0 Å². The summed E-state index contributed by atoms with van der Waals surface area (Å²) in [5.41, 5.74) is 2.03. The molecule has 15 nitrogen and oxygen atoms in total. The van der Waals surface area contributed by atoms with E-state index in [4.69, 9.17) is 0 Å². The smallest absolute Gasteiger partial charge is 0.871 e. The number of amides is 1. The fraction of sp³-hybridized carbons (Fsp3) is 0.0909. The summed E-state index contributed by atoms with van der Waals surface area (Å²) in [5, 5.41) is 43.7. The van der Waals surface area contributed by atoms with Crippen molar-refractivity contribution in [2.45, 2.75) is 30.6 Å². The van der Waals surface area contributed by atoms with Crippen LogP contribution in [0.15, 0.2) is 120 Å². The summed E-state index contributed by atoms with van der Waals surface area (Å²) < 4.78 is 66.6. The number of anilines is 1. The Morgan fingerprint density at radius 3 is 2.00 bits per heavy atom. The van der Waals surface area contributed by atoms with E-state index in [0.29, 0.717) is 22.5 Å². The summed E-state index contributed by atoms with van der Waals surface area (Å²) >= 11 is 0. The van der Waals surface area contributed by atoms with Crippen molar-refractivity contribution in [3.8, 4) is 5.75 Å². The quantitative estimate of drug-likeness (QED) is 0.0623. The fourth-order valence-corrected chi connectivity index (χ4v) is 5.96. The van der Waals surface area contributed by atoms with Gasteiger partial charge in [0.15, 0.2) is 0 Å². The van der Waals surface area contributed by atoms with Crippen molar-refractivity contribution in [3.05, 3.63) is 102 Å². The van der Waals surface area contributed by atoms with Gasteiger partial charge in [0.25, 0.3) is 26.1 Å². The zero-order valence-electron chi connectivity index (χ0n) is 28.4. The molecule has 0 aromatic heterocycles. The number of nitrogens with zero attached hydrogens (tertiary/aromatic N) is 5. The molecule has 5 rings (SSSR count). The number of hydrogen-bond donors (Lipinski definition) is 3. The molecule has 3 N–H and O–H groups in total. The molecule has 0 aliphatic rings. The maximum absolute atomic E-state index is 13.4. The fourth-order valence-electron chi connectivity index (χ4n) is 4.74. The van der Waals surface area contributed by atoms with Gasteiger partial charge >= 0.3 is 59.1 Å². The third-order valence-corrected chi connectivity index (χ3v) is 8.86. The predicted octanol–water partition coefficient (Wildman–Crippen LogP) is 0.525. The first-order valence-electron chi connectivity index (χ1n) is 14.4. The number of carbonyl (C=O) groups is 1. The minimum absolute atomic E-state index is 0. The summed E-state index contributed by atoms with van der Waals surface area (Å²) in [6, 6.07) is 19.7. The average Bonchev–Trinajstić information content (AvgIpc) is 3.03. The van der Waals surface area contributed by atoms with Crippen LogP contribution in [0.3, 0.4) is 0 Å². The largest absolute Gasteiger partial charge is 1.00 e. The van der Waals surface area contributed by atoms with Crippen molar-refractivity contribution in [2.24, 2.45) is 25.4 Å². The number of nitrogens with one attached hydrogen (secondary N) is 1. The molecule has 19 heteroatoms. The van der Waals surface area contributed by atoms with Crippen molar-refractivity contribution < 1.29 is 100 Å². The Labute approximate surface area is 342 Å². The standard InChI is InChI=1S/C33H28N6O9S2.2Na/c1-18-13-25(36-37-29-12-9-26(14-19(29)2)49(43,44)45)8-11-28(18)38-39-31-30(50(46,47)48)17-22-16-24(7-10-27(22)32(31)41)35-33(42)21-5-4-6-23(15-21)34-20(3)40;;/h4-17,41H,1-3H3,(H,34,40)(H,35,42)(H,43,44,45)(H,46,47,48);;/q;2*+1/p-2. The molecule has 0 aliphatic carbocycles.